The van der Waals surface area contributed by atoms with Gasteiger partial charge < -0.3 is 15.2 Å². The second-order valence-corrected chi connectivity index (χ2v) is 7.63. The number of amides is 1. The van der Waals surface area contributed by atoms with E-state index < -0.39 is 0 Å². The minimum atomic E-state index is -0.335. The lowest BCUT2D eigenvalue weighted by atomic mass is 9.92. The monoisotopic (exact) mass is 391 g/mol. The van der Waals surface area contributed by atoms with Gasteiger partial charge in [0, 0.05) is 51.4 Å². The summed E-state index contributed by atoms with van der Waals surface area (Å²) in [4.78, 5) is 32.3. The number of hydrogen-bond donors (Lipinski definition) is 2. The molecule has 1 amide bonds. The van der Waals surface area contributed by atoms with Gasteiger partial charge in [-0.25, -0.2) is 0 Å². The number of piperazine rings is 1. The molecule has 0 radical (unpaired) electrons. The molecule has 150 valence electrons. The zero-order chi connectivity index (χ0) is 20.2. The van der Waals surface area contributed by atoms with Gasteiger partial charge in [-0.3, -0.25) is 14.5 Å². The Morgan fingerprint density at radius 3 is 2.59 bits per heavy atom. The van der Waals surface area contributed by atoms with E-state index in [1.165, 1.54) is 0 Å². The second-order valence-electron chi connectivity index (χ2n) is 7.63. The highest BCUT2D eigenvalue weighted by Gasteiger charge is 2.27. The summed E-state index contributed by atoms with van der Waals surface area (Å²) >= 11 is 0. The number of carbonyl (C=O) groups is 1. The summed E-state index contributed by atoms with van der Waals surface area (Å²) in [7, 11) is 0. The van der Waals surface area contributed by atoms with Crippen LogP contribution in [-0.4, -0.2) is 60.0 Å². The molecule has 0 atom stereocenters. The van der Waals surface area contributed by atoms with Crippen LogP contribution in [0.2, 0.25) is 0 Å². The summed E-state index contributed by atoms with van der Waals surface area (Å²) in [5.41, 5.74) is 3.45. The number of aromatic nitrogens is 1. The molecule has 0 spiro atoms. The lowest BCUT2D eigenvalue weighted by Crippen LogP contribution is -2.49. The highest BCUT2D eigenvalue weighted by Crippen LogP contribution is 2.24. The molecule has 7 nitrogen and oxygen atoms in total. The topological polar surface area (TPSA) is 92.2 Å². The molecule has 0 aliphatic carbocycles. The molecule has 29 heavy (non-hydrogen) atoms. The van der Waals surface area contributed by atoms with E-state index in [0.29, 0.717) is 32.5 Å². The Hall–Kier alpha value is -2.95. The molecule has 2 aliphatic heterocycles. The van der Waals surface area contributed by atoms with Gasteiger partial charge in [0.15, 0.2) is 0 Å². The van der Waals surface area contributed by atoms with E-state index in [0.717, 1.165) is 48.6 Å². The first-order chi connectivity index (χ1) is 14.2. The first-order valence-corrected chi connectivity index (χ1v) is 10.1. The Kier molecular flexibility index (Phi) is 5.74. The summed E-state index contributed by atoms with van der Waals surface area (Å²) in [5, 5.41) is 12.8. The Labute approximate surface area is 169 Å². The van der Waals surface area contributed by atoms with Gasteiger partial charge in [-0.1, -0.05) is 30.3 Å². The van der Waals surface area contributed by atoms with E-state index in [4.69, 9.17) is 0 Å². The van der Waals surface area contributed by atoms with Crippen LogP contribution in [0.3, 0.4) is 0 Å². The van der Waals surface area contributed by atoms with Crippen molar-refractivity contribution in [3.05, 3.63) is 68.6 Å². The summed E-state index contributed by atoms with van der Waals surface area (Å²) in [5.74, 6) is 0.105. The zero-order valence-corrected chi connectivity index (χ0v) is 16.4. The second kappa shape index (κ2) is 8.60. The standard InChI is InChI=1S/C22H25N5O2/c23-13-18-17-6-9-27(21(28)15-26-10-7-24-8-11-26)14-19(17)20(25-22(18)29)12-16-4-2-1-3-5-16/h1-5,24H,6-12,14-15H2,(H,25,29). The first-order valence-electron chi connectivity index (χ1n) is 10.1. The van der Waals surface area contributed by atoms with Gasteiger partial charge in [0.2, 0.25) is 5.91 Å². The van der Waals surface area contributed by atoms with E-state index in [1.54, 1.807) is 0 Å². The Morgan fingerprint density at radius 2 is 1.86 bits per heavy atom. The molecule has 0 bridgehead atoms. The van der Waals surface area contributed by atoms with Crippen molar-refractivity contribution in [2.24, 2.45) is 0 Å². The van der Waals surface area contributed by atoms with Crippen molar-refractivity contribution in [1.82, 2.24) is 20.1 Å². The fourth-order valence-electron chi connectivity index (χ4n) is 4.17. The molecular weight excluding hydrogens is 366 g/mol. The quantitative estimate of drug-likeness (QED) is 0.798. The van der Waals surface area contributed by atoms with Crippen LogP contribution < -0.4 is 10.9 Å². The third-order valence-corrected chi connectivity index (χ3v) is 5.76. The summed E-state index contributed by atoms with van der Waals surface area (Å²) in [6.45, 7) is 4.96. The number of nitrogens with one attached hydrogen (secondary N) is 2. The summed E-state index contributed by atoms with van der Waals surface area (Å²) in [6, 6.07) is 12.0. The number of fused-ring (bicyclic) bond motifs is 1. The van der Waals surface area contributed by atoms with Crippen LogP contribution >= 0.6 is 0 Å². The third kappa shape index (κ3) is 4.24. The molecule has 3 heterocycles. The van der Waals surface area contributed by atoms with E-state index in [-0.39, 0.29) is 17.0 Å². The highest BCUT2D eigenvalue weighted by atomic mass is 16.2. The van der Waals surface area contributed by atoms with Crippen LogP contribution in [-0.2, 0) is 24.2 Å². The smallest absolute Gasteiger partial charge is 0.266 e. The molecule has 4 rings (SSSR count). The number of H-pyrrole nitrogens is 1. The van der Waals surface area contributed by atoms with Crippen LogP contribution in [0.1, 0.15) is 27.9 Å². The number of nitrogens with zero attached hydrogens (tertiary/aromatic N) is 3. The molecule has 2 aliphatic rings. The maximum atomic E-state index is 12.9. The number of carbonyl (C=O) groups excluding carboxylic acids is 1. The molecule has 2 aromatic rings. The SMILES string of the molecule is N#Cc1c2c(c(Cc3ccccc3)[nH]c1=O)CN(C(=O)CN1CCNCC1)CC2. The average Bonchev–Trinajstić information content (AvgIpc) is 2.75. The Morgan fingerprint density at radius 1 is 1.10 bits per heavy atom. The molecule has 1 aromatic heterocycles. The van der Waals surface area contributed by atoms with Crippen molar-refractivity contribution >= 4 is 5.91 Å². The highest BCUT2D eigenvalue weighted by molar-refractivity contribution is 5.78. The molecule has 1 saturated heterocycles. The fourth-order valence-corrected chi connectivity index (χ4v) is 4.17. The number of rotatable bonds is 4. The van der Waals surface area contributed by atoms with Gasteiger partial charge in [-0.2, -0.15) is 5.26 Å². The van der Waals surface area contributed by atoms with Gasteiger partial charge in [-0.05, 0) is 23.1 Å². The van der Waals surface area contributed by atoms with Crippen LogP contribution in [0, 0.1) is 11.3 Å². The molecule has 0 saturated carbocycles. The van der Waals surface area contributed by atoms with Crippen molar-refractivity contribution in [2.75, 3.05) is 39.3 Å². The molecule has 7 heteroatoms. The Balaban J connectivity index is 1.60. The van der Waals surface area contributed by atoms with Gasteiger partial charge >= 0.3 is 0 Å². The maximum Gasteiger partial charge on any atom is 0.266 e. The van der Waals surface area contributed by atoms with E-state index in [9.17, 15) is 14.9 Å². The predicted molar refractivity (Wildman–Crippen MR) is 109 cm³/mol. The van der Waals surface area contributed by atoms with E-state index >= 15 is 0 Å². The molecule has 0 unspecified atom stereocenters. The largest absolute Gasteiger partial charge is 0.337 e. The van der Waals surface area contributed by atoms with Gasteiger partial charge in [0.1, 0.15) is 11.6 Å². The lowest BCUT2D eigenvalue weighted by Gasteiger charge is -2.33. The van der Waals surface area contributed by atoms with Crippen molar-refractivity contribution in [3.63, 3.8) is 0 Å². The van der Waals surface area contributed by atoms with Crippen molar-refractivity contribution in [3.8, 4) is 6.07 Å². The Bertz CT molecular complexity index is 987. The molecule has 1 aromatic carbocycles. The normalized spacial score (nSPS) is 16.9. The number of benzene rings is 1. The minimum Gasteiger partial charge on any atom is -0.337 e. The molecular formula is C22H25N5O2. The van der Waals surface area contributed by atoms with Crippen LogP contribution in [0.4, 0.5) is 0 Å². The van der Waals surface area contributed by atoms with E-state index in [1.807, 2.05) is 35.2 Å². The number of pyridine rings is 1. The lowest BCUT2D eigenvalue weighted by molar-refractivity contribution is -0.133. The van der Waals surface area contributed by atoms with Crippen molar-refractivity contribution in [1.29, 1.82) is 5.26 Å². The first kappa shape index (κ1) is 19.4. The third-order valence-electron chi connectivity index (χ3n) is 5.76. The summed E-state index contributed by atoms with van der Waals surface area (Å²) in [6.07, 6.45) is 1.11. The van der Waals surface area contributed by atoms with Crippen molar-refractivity contribution in [2.45, 2.75) is 19.4 Å². The number of aromatic amines is 1. The van der Waals surface area contributed by atoms with Crippen LogP contribution in [0.5, 0.6) is 0 Å². The predicted octanol–water partition coefficient (Wildman–Crippen LogP) is 0.627. The molecule has 2 N–H and O–H groups in total. The number of hydrogen-bond acceptors (Lipinski definition) is 5. The van der Waals surface area contributed by atoms with Crippen LogP contribution in [0.15, 0.2) is 35.1 Å². The van der Waals surface area contributed by atoms with Crippen molar-refractivity contribution < 1.29 is 4.79 Å². The zero-order valence-electron chi connectivity index (χ0n) is 16.4. The minimum absolute atomic E-state index is 0.105. The number of nitriles is 1. The molecule has 1 fully saturated rings. The van der Waals surface area contributed by atoms with Gasteiger partial charge in [0.25, 0.3) is 5.56 Å². The van der Waals surface area contributed by atoms with Crippen LogP contribution in [0.25, 0.3) is 0 Å². The van der Waals surface area contributed by atoms with Gasteiger partial charge in [-0.15, -0.1) is 0 Å². The fraction of sp³-hybridized carbons (Fsp3) is 0.409. The average molecular weight is 391 g/mol. The van der Waals surface area contributed by atoms with Gasteiger partial charge in [0.05, 0.1) is 6.54 Å². The maximum absolute atomic E-state index is 12.9. The van der Waals surface area contributed by atoms with E-state index in [2.05, 4.69) is 21.3 Å². The summed E-state index contributed by atoms with van der Waals surface area (Å²) < 4.78 is 0.